The van der Waals surface area contributed by atoms with Gasteiger partial charge in [-0.15, -0.1) is 4.57 Å². The van der Waals surface area contributed by atoms with Crippen LogP contribution in [-0.2, 0) is 0 Å². The molecule has 0 amide bonds. The molecule has 0 aliphatic rings. The second-order valence-corrected chi connectivity index (χ2v) is 1.99. The maximum absolute atomic E-state index is 10.5. The van der Waals surface area contributed by atoms with Crippen LogP contribution in [0.15, 0.2) is 24.4 Å². The first-order valence-corrected chi connectivity index (χ1v) is 3.17. The average Bonchev–Trinajstić information content (AvgIpc) is 2.04. The van der Waals surface area contributed by atoms with Gasteiger partial charge in [0.1, 0.15) is 6.20 Å². The van der Waals surface area contributed by atoms with E-state index in [0.29, 0.717) is 5.82 Å². The third-order valence-corrected chi connectivity index (χ3v) is 1.32. The molecule has 0 aromatic carbocycles. The van der Waals surface area contributed by atoms with E-state index in [-0.39, 0.29) is 0 Å². The molecule has 0 aliphatic heterocycles. The van der Waals surface area contributed by atoms with Gasteiger partial charge in [-0.1, -0.05) is 6.07 Å². The number of nitrogens with one attached hydrogen (secondary N) is 1. The molecule has 0 radical (unpaired) electrons. The second kappa shape index (κ2) is 3.01. The molecule has 1 rings (SSSR count). The molecule has 0 saturated heterocycles. The standard InChI is InChI=1S/C7H8N2O2/c1-8-6-4-2-3-5-9(6)7(10)11/h2-5H,1H3,(H,10,11)/p+1. The molecular weight excluding hydrogens is 144 g/mol. The normalized spacial score (nSPS) is 9.18. The van der Waals surface area contributed by atoms with Crippen LogP contribution in [0, 0.1) is 0 Å². The molecule has 11 heavy (non-hydrogen) atoms. The molecule has 1 heterocycles. The summed E-state index contributed by atoms with van der Waals surface area (Å²) in [5.41, 5.74) is 0. The van der Waals surface area contributed by atoms with E-state index in [1.54, 1.807) is 25.2 Å². The van der Waals surface area contributed by atoms with Crippen LogP contribution < -0.4 is 9.88 Å². The van der Waals surface area contributed by atoms with Crippen molar-refractivity contribution in [2.45, 2.75) is 0 Å². The van der Waals surface area contributed by atoms with Gasteiger partial charge in [0.25, 0.3) is 5.82 Å². The summed E-state index contributed by atoms with van der Waals surface area (Å²) in [4.78, 5) is 10.5. The lowest BCUT2D eigenvalue weighted by molar-refractivity contribution is -0.569. The second-order valence-electron chi connectivity index (χ2n) is 1.99. The largest absolute Gasteiger partial charge is 0.509 e. The molecule has 0 aliphatic carbocycles. The topological polar surface area (TPSA) is 53.2 Å². The van der Waals surface area contributed by atoms with E-state index in [2.05, 4.69) is 5.32 Å². The zero-order valence-corrected chi connectivity index (χ0v) is 6.11. The summed E-state index contributed by atoms with van der Waals surface area (Å²) in [5.74, 6) is 0.556. The summed E-state index contributed by atoms with van der Waals surface area (Å²) in [6.45, 7) is 0. The van der Waals surface area contributed by atoms with Gasteiger partial charge >= 0.3 is 6.09 Å². The summed E-state index contributed by atoms with van der Waals surface area (Å²) in [5, 5.41) is 11.4. The third kappa shape index (κ3) is 1.46. The van der Waals surface area contributed by atoms with E-state index in [4.69, 9.17) is 5.11 Å². The Balaban J connectivity index is 3.12. The number of pyridine rings is 1. The van der Waals surface area contributed by atoms with Gasteiger partial charge in [-0.25, -0.2) is 0 Å². The molecule has 0 saturated carbocycles. The van der Waals surface area contributed by atoms with Gasteiger partial charge in [-0.05, 0) is 6.07 Å². The maximum atomic E-state index is 10.5. The smallest absolute Gasteiger partial charge is 0.446 e. The predicted octanol–water partition coefficient (Wildman–Crippen LogP) is 0.542. The highest BCUT2D eigenvalue weighted by molar-refractivity contribution is 5.56. The Bertz CT molecular complexity index is 273. The van der Waals surface area contributed by atoms with Crippen LogP contribution in [0.3, 0.4) is 0 Å². The van der Waals surface area contributed by atoms with Gasteiger partial charge < -0.3 is 5.11 Å². The minimum absolute atomic E-state index is 0.556. The Labute approximate surface area is 64.1 Å². The number of rotatable bonds is 1. The van der Waals surface area contributed by atoms with Gasteiger partial charge in [0, 0.05) is 6.07 Å². The van der Waals surface area contributed by atoms with Crippen LogP contribution in [0.2, 0.25) is 0 Å². The summed E-state index contributed by atoms with van der Waals surface area (Å²) < 4.78 is 1.11. The Morgan fingerprint density at radius 1 is 1.64 bits per heavy atom. The highest BCUT2D eigenvalue weighted by Crippen LogP contribution is 1.94. The molecule has 2 N–H and O–H groups in total. The molecule has 0 spiro atoms. The number of anilines is 1. The fourth-order valence-corrected chi connectivity index (χ4v) is 0.814. The minimum atomic E-state index is -0.991. The quantitative estimate of drug-likeness (QED) is 0.579. The van der Waals surface area contributed by atoms with E-state index in [1.165, 1.54) is 6.20 Å². The molecular formula is C7H9N2O2+. The van der Waals surface area contributed by atoms with Crippen molar-refractivity contribution in [3.8, 4) is 0 Å². The Morgan fingerprint density at radius 2 is 2.36 bits per heavy atom. The van der Waals surface area contributed by atoms with Crippen molar-refractivity contribution in [2.24, 2.45) is 0 Å². The first-order valence-electron chi connectivity index (χ1n) is 3.17. The monoisotopic (exact) mass is 153 g/mol. The molecule has 4 nitrogen and oxygen atoms in total. The molecule has 4 heteroatoms. The highest BCUT2D eigenvalue weighted by Gasteiger charge is 2.11. The van der Waals surface area contributed by atoms with Crippen LogP contribution in [0.25, 0.3) is 0 Å². The summed E-state index contributed by atoms with van der Waals surface area (Å²) in [6.07, 6.45) is 0.490. The number of nitrogens with zero attached hydrogens (tertiary/aromatic N) is 1. The SMILES string of the molecule is CNc1cccc[n+]1C(=O)O. The van der Waals surface area contributed by atoms with Crippen molar-refractivity contribution >= 4 is 11.9 Å². The van der Waals surface area contributed by atoms with Gasteiger partial charge in [-0.3, -0.25) is 5.32 Å². The van der Waals surface area contributed by atoms with Crippen LogP contribution in [-0.4, -0.2) is 18.2 Å². The van der Waals surface area contributed by atoms with Crippen LogP contribution in [0.5, 0.6) is 0 Å². The van der Waals surface area contributed by atoms with Crippen LogP contribution >= 0.6 is 0 Å². The number of hydrogen-bond acceptors (Lipinski definition) is 2. The van der Waals surface area contributed by atoms with E-state index < -0.39 is 6.09 Å². The number of carbonyl (C=O) groups is 1. The lowest BCUT2D eigenvalue weighted by atomic mass is 10.4. The van der Waals surface area contributed by atoms with Gasteiger partial charge in [0.15, 0.2) is 0 Å². The fourth-order valence-electron chi connectivity index (χ4n) is 0.814. The zero-order chi connectivity index (χ0) is 8.27. The van der Waals surface area contributed by atoms with E-state index >= 15 is 0 Å². The lowest BCUT2D eigenvalue weighted by Crippen LogP contribution is -2.43. The van der Waals surface area contributed by atoms with Gasteiger partial charge in [0.2, 0.25) is 0 Å². The lowest BCUT2D eigenvalue weighted by Gasteiger charge is -1.96. The Kier molecular flexibility index (Phi) is 2.06. The Hall–Kier alpha value is -1.58. The first-order chi connectivity index (χ1) is 5.25. The molecule has 0 bridgehead atoms. The summed E-state index contributed by atoms with van der Waals surface area (Å²) in [6, 6.07) is 5.12. The van der Waals surface area contributed by atoms with Crippen molar-refractivity contribution < 1.29 is 14.5 Å². The summed E-state index contributed by atoms with van der Waals surface area (Å²) in [7, 11) is 1.68. The fraction of sp³-hybridized carbons (Fsp3) is 0.143. The van der Waals surface area contributed by atoms with E-state index in [1.807, 2.05) is 0 Å². The molecule has 1 aromatic rings. The number of hydrogen-bond donors (Lipinski definition) is 2. The van der Waals surface area contributed by atoms with Gasteiger partial charge in [0.05, 0.1) is 7.05 Å². The summed E-state index contributed by atoms with van der Waals surface area (Å²) >= 11 is 0. The van der Waals surface area contributed by atoms with Crippen molar-refractivity contribution in [1.29, 1.82) is 0 Å². The number of aromatic nitrogens is 1. The molecule has 0 atom stereocenters. The van der Waals surface area contributed by atoms with Crippen molar-refractivity contribution in [3.05, 3.63) is 24.4 Å². The highest BCUT2D eigenvalue weighted by atomic mass is 16.4. The van der Waals surface area contributed by atoms with Crippen molar-refractivity contribution in [3.63, 3.8) is 0 Å². The third-order valence-electron chi connectivity index (χ3n) is 1.32. The Morgan fingerprint density at radius 3 is 2.82 bits per heavy atom. The first kappa shape index (κ1) is 7.53. The van der Waals surface area contributed by atoms with E-state index in [0.717, 1.165) is 4.57 Å². The van der Waals surface area contributed by atoms with Crippen molar-refractivity contribution in [2.75, 3.05) is 12.4 Å². The zero-order valence-electron chi connectivity index (χ0n) is 6.11. The van der Waals surface area contributed by atoms with Gasteiger partial charge in [-0.2, -0.15) is 4.79 Å². The number of carboxylic acid groups (broad SMARTS) is 1. The molecule has 0 unspecified atom stereocenters. The maximum Gasteiger partial charge on any atom is 0.509 e. The van der Waals surface area contributed by atoms with Crippen molar-refractivity contribution in [1.82, 2.24) is 0 Å². The minimum Gasteiger partial charge on any atom is -0.446 e. The van der Waals surface area contributed by atoms with Crippen LogP contribution in [0.4, 0.5) is 10.6 Å². The van der Waals surface area contributed by atoms with Crippen LogP contribution in [0.1, 0.15) is 0 Å². The average molecular weight is 153 g/mol. The predicted molar refractivity (Wildman–Crippen MR) is 39.6 cm³/mol. The molecule has 58 valence electrons. The molecule has 0 fully saturated rings. The molecule has 1 aromatic heterocycles. The van der Waals surface area contributed by atoms with E-state index in [9.17, 15) is 4.79 Å².